The van der Waals surface area contributed by atoms with E-state index < -0.39 is 35.6 Å². The Balaban J connectivity index is 1.87. The van der Waals surface area contributed by atoms with E-state index >= 15 is 0 Å². The first-order chi connectivity index (χ1) is 16.8. The van der Waals surface area contributed by atoms with Crippen molar-refractivity contribution in [2.24, 2.45) is 17.3 Å². The zero-order valence-corrected chi connectivity index (χ0v) is 23.7. The van der Waals surface area contributed by atoms with Crippen LogP contribution in [0, 0.1) is 24.2 Å². The molecule has 2 saturated heterocycles. The smallest absolute Gasteiger partial charge is 0.309 e. The summed E-state index contributed by atoms with van der Waals surface area (Å²) < 4.78 is 11.8. The van der Waals surface area contributed by atoms with Crippen LogP contribution in [0.4, 0.5) is 0 Å². The number of nitrogens with zero attached hydrogens (tertiary/aromatic N) is 1. The molecule has 3 rings (SSSR count). The third-order valence-electron chi connectivity index (χ3n) is 7.90. The van der Waals surface area contributed by atoms with Crippen molar-refractivity contribution in [3.05, 3.63) is 21.1 Å². The molecule has 1 aromatic rings. The molecule has 0 amide bonds. The Labute approximate surface area is 223 Å². The molecule has 2 N–H and O–H groups in total. The molecule has 0 radical (unpaired) electrons. The molecule has 1 aromatic heterocycles. The first kappa shape index (κ1) is 29.2. The van der Waals surface area contributed by atoms with Crippen LogP contribution in [0.1, 0.15) is 83.8 Å². The van der Waals surface area contributed by atoms with Gasteiger partial charge in [0.25, 0.3) is 0 Å². The predicted molar refractivity (Wildman–Crippen MR) is 141 cm³/mol. The number of esters is 1. The summed E-state index contributed by atoms with van der Waals surface area (Å²) in [5.74, 6) is -1.61. The number of rotatable bonds is 3. The number of ketones is 1. The van der Waals surface area contributed by atoms with Crippen molar-refractivity contribution in [3.8, 4) is 0 Å². The van der Waals surface area contributed by atoms with Crippen LogP contribution in [-0.2, 0) is 19.1 Å². The molecule has 0 spiro atoms. The molecule has 0 aromatic carbocycles. The van der Waals surface area contributed by atoms with Gasteiger partial charge in [-0.3, -0.25) is 9.59 Å². The molecule has 2 aliphatic rings. The monoisotopic (exact) mass is 541 g/mol. The van der Waals surface area contributed by atoms with Crippen LogP contribution in [0.25, 0.3) is 6.08 Å². The number of carbonyl (C=O) groups excluding carboxylic acids is 2. The highest BCUT2D eigenvalue weighted by atomic mass is 35.5. The number of epoxide rings is 1. The standard InChI is InChI=1S/C27H40ClNO6S/c1-7-18-24(32)15(2)9-8-10-27(6)22(35-27)12-20(19(28)11-17-14-36-16(3)29-17)34-23(31)13-21(30)26(4,5)25(18)33/h11,14-15,18,20-22,24,30,32H,7-10,12-13H2,1-6H3/b19-11-/t15-,18+,20-,21-,22?,24-,27?/m0/s1. The number of thiazole rings is 1. The second kappa shape index (κ2) is 11.6. The summed E-state index contributed by atoms with van der Waals surface area (Å²) in [7, 11) is 0. The van der Waals surface area contributed by atoms with E-state index in [4.69, 9.17) is 21.1 Å². The molecule has 7 nitrogen and oxygen atoms in total. The average Bonchev–Trinajstić information content (AvgIpc) is 3.24. The Morgan fingerprint density at radius 3 is 2.61 bits per heavy atom. The zero-order chi connectivity index (χ0) is 26.8. The van der Waals surface area contributed by atoms with Gasteiger partial charge in [-0.05, 0) is 45.1 Å². The molecule has 7 atom stereocenters. The SMILES string of the molecule is CC[C@H]1C(=O)C(C)(C)[C@@H](O)CC(=O)O[C@H](/C(Cl)=C/c2csc(C)n2)CC2OC2(C)CCC[C@H](C)[C@@H]1O. The third-order valence-corrected chi connectivity index (χ3v) is 9.04. The number of aliphatic hydroxyl groups is 2. The van der Waals surface area contributed by atoms with Crippen molar-refractivity contribution in [3.63, 3.8) is 0 Å². The number of aryl methyl sites for hydroxylation is 1. The lowest BCUT2D eigenvalue weighted by atomic mass is 9.71. The third kappa shape index (κ3) is 6.76. The lowest BCUT2D eigenvalue weighted by Crippen LogP contribution is -2.46. The maximum Gasteiger partial charge on any atom is 0.309 e. The number of ether oxygens (including phenoxy) is 2. The predicted octanol–water partition coefficient (Wildman–Crippen LogP) is 5.04. The Hall–Kier alpha value is -1.32. The first-order valence-corrected chi connectivity index (χ1v) is 14.1. The maximum absolute atomic E-state index is 13.4. The molecule has 0 saturated carbocycles. The molecule has 2 unspecified atom stereocenters. The Bertz CT molecular complexity index is 977. The van der Waals surface area contributed by atoms with Crippen LogP contribution in [0.3, 0.4) is 0 Å². The minimum Gasteiger partial charge on any atom is -0.456 e. The van der Waals surface area contributed by atoms with E-state index in [9.17, 15) is 19.8 Å². The number of aromatic nitrogens is 1. The number of hydrogen-bond acceptors (Lipinski definition) is 8. The van der Waals surface area contributed by atoms with Gasteiger partial charge in [-0.2, -0.15) is 0 Å². The van der Waals surface area contributed by atoms with Gasteiger partial charge in [0.1, 0.15) is 11.9 Å². The number of fused-ring (bicyclic) bond motifs is 1. The minimum absolute atomic E-state index is 0.0859. The number of cyclic esters (lactones) is 1. The lowest BCUT2D eigenvalue weighted by Gasteiger charge is -2.35. The van der Waals surface area contributed by atoms with Crippen molar-refractivity contribution in [1.82, 2.24) is 4.98 Å². The summed E-state index contributed by atoms with van der Waals surface area (Å²) >= 11 is 8.14. The van der Waals surface area contributed by atoms with Gasteiger partial charge < -0.3 is 19.7 Å². The molecular weight excluding hydrogens is 502 g/mol. The normalized spacial score (nSPS) is 36.8. The highest BCUT2D eigenvalue weighted by molar-refractivity contribution is 7.09. The summed E-state index contributed by atoms with van der Waals surface area (Å²) in [6, 6.07) is 0. The Kier molecular flexibility index (Phi) is 9.42. The molecule has 0 bridgehead atoms. The van der Waals surface area contributed by atoms with Crippen molar-refractivity contribution in [2.45, 2.75) is 110 Å². The van der Waals surface area contributed by atoms with Gasteiger partial charge in [-0.15, -0.1) is 11.3 Å². The fourth-order valence-electron chi connectivity index (χ4n) is 5.09. The van der Waals surface area contributed by atoms with E-state index in [1.54, 1.807) is 19.9 Å². The van der Waals surface area contributed by atoms with Crippen LogP contribution >= 0.6 is 22.9 Å². The molecule has 2 aliphatic heterocycles. The van der Waals surface area contributed by atoms with Crippen molar-refractivity contribution in [1.29, 1.82) is 0 Å². The van der Waals surface area contributed by atoms with E-state index in [-0.39, 0.29) is 29.8 Å². The van der Waals surface area contributed by atoms with Crippen molar-refractivity contribution < 1.29 is 29.3 Å². The second-order valence-electron chi connectivity index (χ2n) is 11.1. The number of halogens is 1. The Morgan fingerprint density at radius 2 is 2.00 bits per heavy atom. The molecule has 2 fully saturated rings. The van der Waals surface area contributed by atoms with Crippen LogP contribution < -0.4 is 0 Å². The first-order valence-electron chi connectivity index (χ1n) is 12.9. The summed E-state index contributed by atoms with van der Waals surface area (Å²) in [5.41, 5.74) is -0.902. The Morgan fingerprint density at radius 1 is 1.31 bits per heavy atom. The van der Waals surface area contributed by atoms with Gasteiger partial charge >= 0.3 is 5.97 Å². The quantitative estimate of drug-likeness (QED) is 0.407. The number of Topliss-reactive ketones (excluding diaryl/α,β-unsaturated/α-hetero) is 1. The molecule has 3 heterocycles. The summed E-state index contributed by atoms with van der Waals surface area (Å²) in [6.45, 7) is 11.0. The largest absolute Gasteiger partial charge is 0.456 e. The summed E-state index contributed by atoms with van der Waals surface area (Å²) in [4.78, 5) is 30.8. The highest BCUT2D eigenvalue weighted by Gasteiger charge is 2.53. The molecule has 36 heavy (non-hydrogen) atoms. The van der Waals surface area contributed by atoms with Gasteiger partial charge in [-0.25, -0.2) is 4.98 Å². The topological polar surface area (TPSA) is 109 Å². The molecule has 9 heteroatoms. The highest BCUT2D eigenvalue weighted by Crippen LogP contribution is 2.45. The second-order valence-corrected chi connectivity index (χ2v) is 12.6. The van der Waals surface area contributed by atoms with E-state index in [0.29, 0.717) is 23.6 Å². The van der Waals surface area contributed by atoms with Crippen LogP contribution in [0.2, 0.25) is 0 Å². The van der Waals surface area contributed by atoms with E-state index in [0.717, 1.165) is 24.3 Å². The average molecular weight is 542 g/mol. The molecule has 0 aliphatic carbocycles. The number of hydrogen-bond donors (Lipinski definition) is 2. The van der Waals surface area contributed by atoms with Gasteiger partial charge in [-0.1, -0.05) is 45.7 Å². The summed E-state index contributed by atoms with van der Waals surface area (Å²) in [5, 5.41) is 25.0. The zero-order valence-electron chi connectivity index (χ0n) is 22.1. The van der Waals surface area contributed by atoms with Gasteiger partial charge in [0.15, 0.2) is 0 Å². The van der Waals surface area contributed by atoms with Gasteiger partial charge in [0.2, 0.25) is 0 Å². The van der Waals surface area contributed by atoms with Crippen LogP contribution in [-0.4, -0.2) is 57.0 Å². The molecule has 202 valence electrons. The lowest BCUT2D eigenvalue weighted by molar-refractivity contribution is -0.154. The van der Waals surface area contributed by atoms with Crippen molar-refractivity contribution in [2.75, 3.05) is 0 Å². The van der Waals surface area contributed by atoms with Crippen LogP contribution in [0.15, 0.2) is 10.4 Å². The van der Waals surface area contributed by atoms with E-state index in [1.165, 1.54) is 11.3 Å². The summed E-state index contributed by atoms with van der Waals surface area (Å²) in [6.07, 6.45) is 1.56. The fraction of sp³-hybridized carbons (Fsp3) is 0.741. The van der Waals surface area contributed by atoms with Crippen molar-refractivity contribution >= 4 is 40.8 Å². The molecular formula is C27H40ClNO6S. The maximum atomic E-state index is 13.4. The number of aliphatic hydroxyl groups excluding tert-OH is 2. The van der Waals surface area contributed by atoms with E-state index in [1.807, 2.05) is 33.1 Å². The van der Waals surface area contributed by atoms with Gasteiger partial charge in [0.05, 0.1) is 51.5 Å². The fourth-order valence-corrected chi connectivity index (χ4v) is 5.90. The van der Waals surface area contributed by atoms with E-state index in [2.05, 4.69) is 4.98 Å². The van der Waals surface area contributed by atoms with Crippen LogP contribution in [0.5, 0.6) is 0 Å². The van der Waals surface area contributed by atoms with Gasteiger partial charge in [0, 0.05) is 17.7 Å². The minimum atomic E-state index is -1.27. The number of carbonyl (C=O) groups is 2.